The van der Waals surface area contributed by atoms with E-state index in [-0.39, 0.29) is 11.6 Å². The Morgan fingerprint density at radius 1 is 1.50 bits per heavy atom. The number of ether oxygens (including phenoxy) is 2. The molecular formula is C13H14N2O3. The second-order valence-corrected chi connectivity index (χ2v) is 4.33. The van der Waals surface area contributed by atoms with Crippen LogP contribution in [0.3, 0.4) is 0 Å². The van der Waals surface area contributed by atoms with Gasteiger partial charge in [-0.3, -0.25) is 9.36 Å². The smallest absolute Gasteiger partial charge is 0.265 e. The van der Waals surface area contributed by atoms with Crippen LogP contribution >= 0.6 is 0 Å². The van der Waals surface area contributed by atoms with Gasteiger partial charge < -0.3 is 9.47 Å². The highest BCUT2D eigenvalue weighted by Crippen LogP contribution is 2.22. The minimum Gasteiger partial charge on any atom is -0.496 e. The van der Waals surface area contributed by atoms with Crippen LogP contribution in [-0.2, 0) is 4.74 Å². The van der Waals surface area contributed by atoms with Gasteiger partial charge in [-0.1, -0.05) is 6.07 Å². The van der Waals surface area contributed by atoms with Crippen molar-refractivity contribution in [3.05, 3.63) is 34.9 Å². The van der Waals surface area contributed by atoms with Gasteiger partial charge in [0, 0.05) is 6.61 Å². The fourth-order valence-electron chi connectivity index (χ4n) is 2.32. The summed E-state index contributed by atoms with van der Waals surface area (Å²) >= 11 is 0. The summed E-state index contributed by atoms with van der Waals surface area (Å²) in [6.45, 7) is 1.27. The molecule has 3 rings (SSSR count). The molecule has 5 heteroatoms. The largest absolute Gasteiger partial charge is 0.496 e. The third-order valence-electron chi connectivity index (χ3n) is 3.29. The summed E-state index contributed by atoms with van der Waals surface area (Å²) in [6, 6.07) is 5.51. The van der Waals surface area contributed by atoms with Crippen molar-refractivity contribution in [3.8, 4) is 5.75 Å². The summed E-state index contributed by atoms with van der Waals surface area (Å²) in [4.78, 5) is 16.8. The molecule has 0 N–H and O–H groups in total. The average Bonchev–Trinajstić information content (AvgIpc) is 2.92. The molecule has 1 aliphatic rings. The van der Waals surface area contributed by atoms with Crippen molar-refractivity contribution in [3.63, 3.8) is 0 Å². The standard InChI is InChI=1S/C13H14N2O3/c1-17-11-4-2-3-10-12(11)13(16)15(8-14-10)9-5-6-18-7-9/h2-4,8-9H,5-7H2,1H3/t9-/m1/s1. The van der Waals surface area contributed by atoms with Crippen LogP contribution in [0.15, 0.2) is 29.3 Å². The van der Waals surface area contributed by atoms with E-state index in [1.54, 1.807) is 24.1 Å². The molecule has 94 valence electrons. The molecular weight excluding hydrogens is 232 g/mol. The summed E-state index contributed by atoms with van der Waals surface area (Å²) in [7, 11) is 1.56. The minimum absolute atomic E-state index is 0.0621. The predicted molar refractivity (Wildman–Crippen MR) is 67.0 cm³/mol. The lowest BCUT2D eigenvalue weighted by molar-refractivity contribution is 0.186. The normalized spacial score (nSPS) is 19.3. The fourth-order valence-corrected chi connectivity index (χ4v) is 2.32. The van der Waals surface area contributed by atoms with Crippen molar-refractivity contribution in [2.24, 2.45) is 0 Å². The summed E-state index contributed by atoms with van der Waals surface area (Å²) in [5.74, 6) is 0.568. The number of hydrogen-bond acceptors (Lipinski definition) is 4. The van der Waals surface area contributed by atoms with E-state index in [0.29, 0.717) is 29.9 Å². The lowest BCUT2D eigenvalue weighted by atomic mass is 10.2. The summed E-state index contributed by atoms with van der Waals surface area (Å²) in [5, 5.41) is 0.536. The molecule has 2 aromatic rings. The highest BCUT2D eigenvalue weighted by Gasteiger charge is 2.20. The van der Waals surface area contributed by atoms with Crippen LogP contribution in [0.1, 0.15) is 12.5 Å². The quantitative estimate of drug-likeness (QED) is 0.803. The maximum absolute atomic E-state index is 12.5. The first-order valence-electron chi connectivity index (χ1n) is 5.93. The SMILES string of the molecule is COc1cccc2ncn([C@@H]3CCOC3)c(=O)c12. The Balaban J connectivity index is 2.24. The van der Waals surface area contributed by atoms with E-state index in [1.165, 1.54) is 0 Å². The Morgan fingerprint density at radius 2 is 2.39 bits per heavy atom. The van der Waals surface area contributed by atoms with E-state index < -0.39 is 0 Å². The zero-order valence-electron chi connectivity index (χ0n) is 10.1. The molecule has 1 saturated heterocycles. The first-order valence-corrected chi connectivity index (χ1v) is 5.93. The summed E-state index contributed by atoms with van der Waals surface area (Å²) < 4.78 is 12.2. The van der Waals surface area contributed by atoms with E-state index in [1.807, 2.05) is 12.1 Å². The number of benzene rings is 1. The Hall–Kier alpha value is -1.88. The molecule has 0 saturated carbocycles. The molecule has 0 unspecified atom stereocenters. The molecule has 0 bridgehead atoms. The molecule has 1 aromatic carbocycles. The van der Waals surface area contributed by atoms with Crippen LogP contribution in [0.4, 0.5) is 0 Å². The first kappa shape index (κ1) is 11.2. The molecule has 1 aliphatic heterocycles. The third kappa shape index (κ3) is 1.67. The number of fused-ring (bicyclic) bond motifs is 1. The van der Waals surface area contributed by atoms with Gasteiger partial charge in [-0.05, 0) is 18.6 Å². The summed E-state index contributed by atoms with van der Waals surface area (Å²) in [5.41, 5.74) is 0.600. The molecule has 0 aliphatic carbocycles. The van der Waals surface area contributed by atoms with Gasteiger partial charge in [0.25, 0.3) is 5.56 Å². The van der Waals surface area contributed by atoms with Crippen molar-refractivity contribution in [2.75, 3.05) is 20.3 Å². The first-order chi connectivity index (χ1) is 8.81. The Bertz CT molecular complexity index is 630. The molecule has 1 atom stereocenters. The number of aromatic nitrogens is 2. The zero-order chi connectivity index (χ0) is 12.5. The van der Waals surface area contributed by atoms with Crippen LogP contribution in [-0.4, -0.2) is 29.9 Å². The highest BCUT2D eigenvalue weighted by atomic mass is 16.5. The van der Waals surface area contributed by atoms with Gasteiger partial charge in [0.2, 0.25) is 0 Å². The third-order valence-corrected chi connectivity index (χ3v) is 3.29. The monoisotopic (exact) mass is 246 g/mol. The topological polar surface area (TPSA) is 53.4 Å². The number of rotatable bonds is 2. The number of hydrogen-bond donors (Lipinski definition) is 0. The molecule has 0 spiro atoms. The molecule has 1 aromatic heterocycles. The Morgan fingerprint density at radius 3 is 3.11 bits per heavy atom. The van der Waals surface area contributed by atoms with Crippen molar-refractivity contribution < 1.29 is 9.47 Å². The van der Waals surface area contributed by atoms with Crippen molar-refractivity contribution >= 4 is 10.9 Å². The minimum atomic E-state index is -0.0621. The zero-order valence-corrected chi connectivity index (χ0v) is 10.1. The lowest BCUT2D eigenvalue weighted by Gasteiger charge is -2.13. The van der Waals surface area contributed by atoms with Gasteiger partial charge in [-0.25, -0.2) is 4.98 Å². The van der Waals surface area contributed by atoms with Gasteiger partial charge in [-0.15, -0.1) is 0 Å². The van der Waals surface area contributed by atoms with E-state index in [0.717, 1.165) is 6.42 Å². The molecule has 18 heavy (non-hydrogen) atoms. The van der Waals surface area contributed by atoms with Crippen molar-refractivity contribution in [1.82, 2.24) is 9.55 Å². The molecule has 1 fully saturated rings. The van der Waals surface area contributed by atoms with E-state index in [4.69, 9.17) is 9.47 Å². The second kappa shape index (κ2) is 4.42. The summed E-state index contributed by atoms with van der Waals surface area (Å²) in [6.07, 6.45) is 2.45. The maximum atomic E-state index is 12.5. The van der Waals surface area contributed by atoms with Gasteiger partial charge in [0.05, 0.1) is 31.6 Å². The van der Waals surface area contributed by atoms with Crippen LogP contribution in [0.2, 0.25) is 0 Å². The van der Waals surface area contributed by atoms with Crippen LogP contribution in [0.5, 0.6) is 5.75 Å². The van der Waals surface area contributed by atoms with Gasteiger partial charge in [0.1, 0.15) is 11.1 Å². The van der Waals surface area contributed by atoms with Crippen molar-refractivity contribution in [2.45, 2.75) is 12.5 Å². The molecule has 0 radical (unpaired) electrons. The second-order valence-electron chi connectivity index (χ2n) is 4.33. The maximum Gasteiger partial charge on any atom is 0.265 e. The van der Waals surface area contributed by atoms with E-state index >= 15 is 0 Å². The Kier molecular flexibility index (Phi) is 2.76. The van der Waals surface area contributed by atoms with E-state index in [2.05, 4.69) is 4.98 Å². The Labute approximate surface area is 104 Å². The van der Waals surface area contributed by atoms with Crippen LogP contribution in [0, 0.1) is 0 Å². The van der Waals surface area contributed by atoms with Crippen molar-refractivity contribution in [1.29, 1.82) is 0 Å². The van der Waals surface area contributed by atoms with Gasteiger partial charge in [0.15, 0.2) is 0 Å². The average molecular weight is 246 g/mol. The van der Waals surface area contributed by atoms with Crippen LogP contribution in [0.25, 0.3) is 10.9 Å². The van der Waals surface area contributed by atoms with E-state index in [9.17, 15) is 4.79 Å². The predicted octanol–water partition coefficient (Wildman–Crippen LogP) is 1.37. The fraction of sp³-hybridized carbons (Fsp3) is 0.385. The molecule has 5 nitrogen and oxygen atoms in total. The van der Waals surface area contributed by atoms with Gasteiger partial charge >= 0.3 is 0 Å². The van der Waals surface area contributed by atoms with Gasteiger partial charge in [-0.2, -0.15) is 0 Å². The lowest BCUT2D eigenvalue weighted by Crippen LogP contribution is -2.25. The number of methoxy groups -OCH3 is 1. The molecule has 2 heterocycles. The van der Waals surface area contributed by atoms with Crippen LogP contribution < -0.4 is 10.3 Å². The number of nitrogens with zero attached hydrogens (tertiary/aromatic N) is 2. The molecule has 0 amide bonds. The highest BCUT2D eigenvalue weighted by molar-refractivity contribution is 5.83.